The van der Waals surface area contributed by atoms with E-state index in [-0.39, 0.29) is 30.7 Å². The normalized spacial score (nSPS) is 24.1. The number of morpholine rings is 1. The fourth-order valence-electron chi connectivity index (χ4n) is 1.79. The lowest BCUT2D eigenvalue weighted by Gasteiger charge is -2.37. The largest absolute Gasteiger partial charge is 0.467 e. The minimum Gasteiger partial charge on any atom is -0.467 e. The van der Waals surface area contributed by atoms with Crippen molar-refractivity contribution in [2.24, 2.45) is 0 Å². The number of anilines is 2. The molecule has 3 N–H and O–H groups in total. The standard InChI is InChI=1S/C10H17N5O3/c1-6-5-18-7(4-16)3-15(6)9-12-8(11)13-10(14-9)17-2/h6-7,16H,3-5H2,1-2H3,(H2,11,12,13,14). The Hall–Kier alpha value is -1.67. The average molecular weight is 255 g/mol. The first-order valence-electron chi connectivity index (χ1n) is 5.68. The van der Waals surface area contributed by atoms with E-state index in [9.17, 15) is 0 Å². The second kappa shape index (κ2) is 5.32. The van der Waals surface area contributed by atoms with Crippen LogP contribution in [0, 0.1) is 0 Å². The van der Waals surface area contributed by atoms with Gasteiger partial charge in [-0.3, -0.25) is 0 Å². The van der Waals surface area contributed by atoms with E-state index in [0.717, 1.165) is 0 Å². The van der Waals surface area contributed by atoms with Crippen molar-refractivity contribution < 1.29 is 14.6 Å². The lowest BCUT2D eigenvalue weighted by molar-refractivity contribution is -0.0108. The van der Waals surface area contributed by atoms with Crippen molar-refractivity contribution in [3.8, 4) is 6.01 Å². The molecule has 0 bridgehead atoms. The number of nitrogens with two attached hydrogens (primary N) is 1. The van der Waals surface area contributed by atoms with Gasteiger partial charge in [0.1, 0.15) is 0 Å². The number of nitrogen functional groups attached to an aromatic ring is 1. The second-order valence-electron chi connectivity index (χ2n) is 4.12. The monoisotopic (exact) mass is 255 g/mol. The van der Waals surface area contributed by atoms with Gasteiger partial charge in [0.05, 0.1) is 32.5 Å². The summed E-state index contributed by atoms with van der Waals surface area (Å²) in [7, 11) is 1.47. The van der Waals surface area contributed by atoms with Crippen LogP contribution in [0.5, 0.6) is 6.01 Å². The Morgan fingerprint density at radius 2 is 2.28 bits per heavy atom. The summed E-state index contributed by atoms with van der Waals surface area (Å²) in [5.74, 6) is 0.546. The Morgan fingerprint density at radius 1 is 1.50 bits per heavy atom. The molecule has 100 valence electrons. The highest BCUT2D eigenvalue weighted by molar-refractivity contribution is 5.37. The van der Waals surface area contributed by atoms with Crippen LogP contribution in [-0.2, 0) is 4.74 Å². The van der Waals surface area contributed by atoms with Crippen LogP contribution in [0.1, 0.15) is 6.92 Å². The molecule has 1 aliphatic rings. The van der Waals surface area contributed by atoms with Gasteiger partial charge >= 0.3 is 6.01 Å². The van der Waals surface area contributed by atoms with Crippen molar-refractivity contribution in [3.63, 3.8) is 0 Å². The molecular weight excluding hydrogens is 238 g/mol. The number of methoxy groups -OCH3 is 1. The van der Waals surface area contributed by atoms with E-state index in [4.69, 9.17) is 20.3 Å². The van der Waals surface area contributed by atoms with Gasteiger partial charge in [0, 0.05) is 6.54 Å². The number of aliphatic hydroxyl groups excluding tert-OH is 1. The summed E-state index contributed by atoms with van der Waals surface area (Å²) >= 11 is 0. The average Bonchev–Trinajstić information content (AvgIpc) is 2.38. The Morgan fingerprint density at radius 3 is 2.94 bits per heavy atom. The molecule has 0 saturated carbocycles. The number of hydrogen-bond donors (Lipinski definition) is 2. The van der Waals surface area contributed by atoms with Crippen LogP contribution in [0.25, 0.3) is 0 Å². The molecule has 2 atom stereocenters. The van der Waals surface area contributed by atoms with E-state index >= 15 is 0 Å². The molecule has 2 unspecified atom stereocenters. The zero-order valence-corrected chi connectivity index (χ0v) is 10.4. The molecule has 2 rings (SSSR count). The number of aliphatic hydroxyl groups is 1. The van der Waals surface area contributed by atoms with Crippen LogP contribution in [0.2, 0.25) is 0 Å². The third-order valence-corrected chi connectivity index (χ3v) is 2.77. The quantitative estimate of drug-likeness (QED) is 0.712. The summed E-state index contributed by atoms with van der Waals surface area (Å²) in [6, 6.07) is 0.274. The molecule has 0 radical (unpaired) electrons. The molecule has 1 fully saturated rings. The fourth-order valence-corrected chi connectivity index (χ4v) is 1.79. The van der Waals surface area contributed by atoms with Crippen molar-refractivity contribution in [1.29, 1.82) is 0 Å². The first-order chi connectivity index (χ1) is 8.63. The van der Waals surface area contributed by atoms with Gasteiger partial charge in [-0.15, -0.1) is 0 Å². The molecule has 0 spiro atoms. The molecule has 8 nitrogen and oxygen atoms in total. The van der Waals surface area contributed by atoms with Gasteiger partial charge in [-0.2, -0.15) is 15.0 Å². The van der Waals surface area contributed by atoms with E-state index in [1.54, 1.807) is 0 Å². The number of ether oxygens (including phenoxy) is 2. The fraction of sp³-hybridized carbons (Fsp3) is 0.700. The predicted octanol–water partition coefficient (Wildman–Crippen LogP) is -0.952. The van der Waals surface area contributed by atoms with Crippen LogP contribution in [0.4, 0.5) is 11.9 Å². The van der Waals surface area contributed by atoms with Crippen molar-refractivity contribution in [3.05, 3.63) is 0 Å². The minimum atomic E-state index is -0.245. The van der Waals surface area contributed by atoms with Gasteiger partial charge in [-0.25, -0.2) is 0 Å². The maximum atomic E-state index is 9.14. The molecule has 0 amide bonds. The van der Waals surface area contributed by atoms with Crippen LogP contribution >= 0.6 is 0 Å². The predicted molar refractivity (Wildman–Crippen MR) is 64.4 cm³/mol. The van der Waals surface area contributed by atoms with E-state index < -0.39 is 0 Å². The molecule has 1 saturated heterocycles. The molecule has 0 aromatic carbocycles. The Kier molecular flexibility index (Phi) is 3.78. The lowest BCUT2D eigenvalue weighted by Crippen LogP contribution is -2.50. The Labute approximate surface area is 105 Å². The zero-order chi connectivity index (χ0) is 13.1. The smallest absolute Gasteiger partial charge is 0.322 e. The van der Waals surface area contributed by atoms with Gasteiger partial charge in [0.25, 0.3) is 0 Å². The summed E-state index contributed by atoms with van der Waals surface area (Å²) in [6.07, 6.45) is -0.245. The first kappa shape index (κ1) is 12.8. The molecule has 8 heteroatoms. The Bertz CT molecular complexity index is 416. The van der Waals surface area contributed by atoms with Gasteiger partial charge in [0.15, 0.2) is 0 Å². The first-order valence-corrected chi connectivity index (χ1v) is 5.68. The zero-order valence-electron chi connectivity index (χ0n) is 10.4. The third-order valence-electron chi connectivity index (χ3n) is 2.77. The summed E-state index contributed by atoms with van der Waals surface area (Å²) in [5, 5.41) is 9.14. The van der Waals surface area contributed by atoms with Crippen molar-refractivity contribution >= 4 is 11.9 Å². The maximum absolute atomic E-state index is 9.14. The summed E-state index contributed by atoms with van der Waals surface area (Å²) in [4.78, 5) is 14.0. The molecule has 1 aromatic heterocycles. The highest BCUT2D eigenvalue weighted by atomic mass is 16.5. The number of nitrogens with zero attached hydrogens (tertiary/aromatic N) is 4. The highest BCUT2D eigenvalue weighted by Gasteiger charge is 2.28. The van der Waals surface area contributed by atoms with Crippen LogP contribution in [0.15, 0.2) is 0 Å². The number of rotatable bonds is 3. The highest BCUT2D eigenvalue weighted by Crippen LogP contribution is 2.20. The lowest BCUT2D eigenvalue weighted by atomic mass is 10.2. The molecule has 1 aliphatic heterocycles. The van der Waals surface area contributed by atoms with Crippen LogP contribution < -0.4 is 15.4 Å². The summed E-state index contributed by atoms with van der Waals surface area (Å²) in [5.41, 5.74) is 5.60. The van der Waals surface area contributed by atoms with Crippen molar-refractivity contribution in [2.75, 3.05) is 37.5 Å². The van der Waals surface area contributed by atoms with Gasteiger partial charge in [0.2, 0.25) is 11.9 Å². The van der Waals surface area contributed by atoms with E-state index in [1.807, 2.05) is 11.8 Å². The Balaban J connectivity index is 2.25. The van der Waals surface area contributed by atoms with Gasteiger partial charge < -0.3 is 25.2 Å². The van der Waals surface area contributed by atoms with Crippen LogP contribution in [-0.4, -0.2) is 59.1 Å². The van der Waals surface area contributed by atoms with E-state index in [2.05, 4.69) is 15.0 Å². The summed E-state index contributed by atoms with van der Waals surface area (Å²) in [6.45, 7) is 2.95. The maximum Gasteiger partial charge on any atom is 0.322 e. The number of aromatic nitrogens is 3. The molecule has 18 heavy (non-hydrogen) atoms. The molecular formula is C10H17N5O3. The van der Waals surface area contributed by atoms with Gasteiger partial charge in [-0.05, 0) is 6.92 Å². The third kappa shape index (κ3) is 2.59. The molecule has 0 aliphatic carbocycles. The van der Waals surface area contributed by atoms with Crippen molar-refractivity contribution in [2.45, 2.75) is 19.1 Å². The van der Waals surface area contributed by atoms with E-state index in [1.165, 1.54) is 7.11 Å². The number of hydrogen-bond acceptors (Lipinski definition) is 8. The molecule has 1 aromatic rings. The summed E-state index contributed by atoms with van der Waals surface area (Å²) < 4.78 is 10.4. The SMILES string of the molecule is COc1nc(N)nc(N2CC(CO)OCC2C)n1. The van der Waals surface area contributed by atoms with Crippen molar-refractivity contribution in [1.82, 2.24) is 15.0 Å². The van der Waals surface area contributed by atoms with E-state index in [0.29, 0.717) is 19.1 Å². The van der Waals surface area contributed by atoms with Gasteiger partial charge in [-0.1, -0.05) is 0 Å². The minimum absolute atomic E-state index is 0.0408. The molecule has 2 heterocycles. The van der Waals surface area contributed by atoms with Crippen LogP contribution in [0.3, 0.4) is 0 Å². The second-order valence-corrected chi connectivity index (χ2v) is 4.12. The topological polar surface area (TPSA) is 107 Å².